The van der Waals surface area contributed by atoms with Crippen molar-refractivity contribution >= 4 is 23.6 Å². The number of hydrogen-bond donors (Lipinski definition) is 2. The van der Waals surface area contributed by atoms with E-state index in [4.69, 9.17) is 5.11 Å². The van der Waals surface area contributed by atoms with Crippen molar-refractivity contribution in [2.45, 2.75) is 19.4 Å². The van der Waals surface area contributed by atoms with Crippen molar-refractivity contribution in [3.63, 3.8) is 0 Å². The lowest BCUT2D eigenvalue weighted by molar-refractivity contribution is -0.385. The molecule has 0 aromatic heterocycles. The molecule has 0 heterocycles. The van der Waals surface area contributed by atoms with Crippen LogP contribution in [0, 0.1) is 10.1 Å². The minimum atomic E-state index is -1.01. The van der Waals surface area contributed by atoms with Crippen molar-refractivity contribution in [3.8, 4) is 0 Å². The fourth-order valence-electron chi connectivity index (χ4n) is 1.56. The molecule has 0 aliphatic rings. The molecular formula is C13H14N2O5. The van der Waals surface area contributed by atoms with E-state index in [9.17, 15) is 19.7 Å². The molecule has 0 radical (unpaired) electrons. The summed E-state index contributed by atoms with van der Waals surface area (Å²) >= 11 is 0. The van der Waals surface area contributed by atoms with E-state index in [1.165, 1.54) is 24.3 Å². The topological polar surface area (TPSA) is 110 Å². The average Bonchev–Trinajstić information content (AvgIpc) is 2.35. The lowest BCUT2D eigenvalue weighted by atomic mass is 10.1. The van der Waals surface area contributed by atoms with Gasteiger partial charge >= 0.3 is 5.97 Å². The van der Waals surface area contributed by atoms with Crippen molar-refractivity contribution in [1.29, 1.82) is 0 Å². The molecule has 0 spiro atoms. The van der Waals surface area contributed by atoms with Gasteiger partial charge in [0.05, 0.1) is 16.9 Å². The van der Waals surface area contributed by atoms with Crippen LogP contribution in [0.4, 0.5) is 5.69 Å². The second-order valence-electron chi connectivity index (χ2n) is 4.16. The van der Waals surface area contributed by atoms with Gasteiger partial charge in [-0.3, -0.25) is 19.7 Å². The number of carboxylic acids is 1. The fourth-order valence-corrected chi connectivity index (χ4v) is 1.56. The number of hydrogen-bond acceptors (Lipinski definition) is 4. The number of carboxylic acid groups (broad SMARTS) is 1. The number of nitro groups is 1. The summed E-state index contributed by atoms with van der Waals surface area (Å²) in [6.07, 6.45) is 2.27. The molecule has 0 saturated carbocycles. The number of carbonyl (C=O) groups is 2. The summed E-state index contributed by atoms with van der Waals surface area (Å²) in [6, 6.07) is 5.49. The van der Waals surface area contributed by atoms with Crippen LogP contribution in [0.25, 0.3) is 6.08 Å². The molecule has 1 atom stereocenters. The first-order chi connectivity index (χ1) is 9.40. The molecular weight excluding hydrogens is 264 g/mol. The van der Waals surface area contributed by atoms with E-state index < -0.39 is 22.8 Å². The van der Waals surface area contributed by atoms with Crippen molar-refractivity contribution in [3.05, 3.63) is 46.0 Å². The van der Waals surface area contributed by atoms with Crippen LogP contribution < -0.4 is 5.32 Å². The van der Waals surface area contributed by atoms with Gasteiger partial charge in [-0.05, 0) is 19.1 Å². The molecule has 1 aromatic carbocycles. The van der Waals surface area contributed by atoms with Gasteiger partial charge in [0.25, 0.3) is 5.69 Å². The quantitative estimate of drug-likeness (QED) is 0.466. The van der Waals surface area contributed by atoms with Crippen molar-refractivity contribution in [2.24, 2.45) is 0 Å². The highest BCUT2D eigenvalue weighted by Gasteiger charge is 2.11. The highest BCUT2D eigenvalue weighted by molar-refractivity contribution is 5.92. The highest BCUT2D eigenvalue weighted by Crippen LogP contribution is 2.18. The van der Waals surface area contributed by atoms with Crippen LogP contribution in [0.3, 0.4) is 0 Å². The van der Waals surface area contributed by atoms with Crippen LogP contribution in [-0.4, -0.2) is 27.9 Å². The number of aliphatic carboxylic acids is 1. The SMILES string of the molecule is CC(CC(=O)O)NC(=O)/C=C/c1ccccc1[N+](=O)[O-]. The third kappa shape index (κ3) is 4.89. The molecule has 1 unspecified atom stereocenters. The number of carbonyl (C=O) groups excluding carboxylic acids is 1. The summed E-state index contributed by atoms with van der Waals surface area (Å²) < 4.78 is 0. The van der Waals surface area contributed by atoms with E-state index in [1.807, 2.05) is 0 Å². The maximum atomic E-state index is 11.5. The lowest BCUT2D eigenvalue weighted by Crippen LogP contribution is -2.32. The number of rotatable bonds is 6. The molecule has 106 valence electrons. The molecule has 1 aromatic rings. The Bertz CT molecular complexity index is 553. The number of nitrogens with one attached hydrogen (secondary N) is 1. The first-order valence-corrected chi connectivity index (χ1v) is 5.84. The van der Waals surface area contributed by atoms with E-state index in [0.29, 0.717) is 5.56 Å². The molecule has 20 heavy (non-hydrogen) atoms. The number of nitro benzene ring substituents is 1. The molecule has 7 nitrogen and oxygen atoms in total. The first kappa shape index (κ1) is 15.4. The zero-order valence-electron chi connectivity index (χ0n) is 10.8. The summed E-state index contributed by atoms with van der Waals surface area (Å²) in [6.45, 7) is 1.56. The maximum Gasteiger partial charge on any atom is 0.305 e. The Morgan fingerprint density at radius 1 is 1.45 bits per heavy atom. The minimum Gasteiger partial charge on any atom is -0.481 e. The van der Waals surface area contributed by atoms with Crippen LogP contribution in [0.5, 0.6) is 0 Å². The van der Waals surface area contributed by atoms with Gasteiger partial charge < -0.3 is 10.4 Å². The van der Waals surface area contributed by atoms with Gasteiger partial charge in [-0.1, -0.05) is 12.1 Å². The van der Waals surface area contributed by atoms with Gasteiger partial charge in [-0.2, -0.15) is 0 Å². The number of nitrogens with zero attached hydrogens (tertiary/aromatic N) is 1. The monoisotopic (exact) mass is 278 g/mol. The number of benzene rings is 1. The molecule has 0 aliphatic heterocycles. The Hall–Kier alpha value is -2.70. The largest absolute Gasteiger partial charge is 0.481 e. The predicted octanol–water partition coefficient (Wildman–Crippen LogP) is 1.59. The molecule has 7 heteroatoms. The standard InChI is InChI=1S/C13H14N2O5/c1-9(8-13(17)18)14-12(16)7-6-10-4-2-3-5-11(10)15(19)20/h2-7,9H,8H2,1H3,(H,14,16)(H,17,18)/b7-6+. The van der Waals surface area contributed by atoms with Crippen LogP contribution in [0.1, 0.15) is 18.9 Å². The van der Waals surface area contributed by atoms with Gasteiger partial charge in [0.1, 0.15) is 0 Å². The number of amides is 1. The summed E-state index contributed by atoms with van der Waals surface area (Å²) in [4.78, 5) is 32.2. The Morgan fingerprint density at radius 3 is 2.70 bits per heavy atom. The second-order valence-corrected chi connectivity index (χ2v) is 4.16. The molecule has 1 rings (SSSR count). The van der Waals surface area contributed by atoms with E-state index in [1.54, 1.807) is 13.0 Å². The zero-order valence-corrected chi connectivity index (χ0v) is 10.8. The fraction of sp³-hybridized carbons (Fsp3) is 0.231. The van der Waals surface area contributed by atoms with Crippen LogP contribution in [0.2, 0.25) is 0 Å². The Morgan fingerprint density at radius 2 is 2.10 bits per heavy atom. The Balaban J connectivity index is 2.71. The second kappa shape index (κ2) is 7.03. The summed E-state index contributed by atoms with van der Waals surface area (Å²) in [5, 5.41) is 21.8. The van der Waals surface area contributed by atoms with E-state index in [2.05, 4.69) is 5.32 Å². The van der Waals surface area contributed by atoms with Gasteiger partial charge in [0, 0.05) is 18.2 Å². The summed E-state index contributed by atoms with van der Waals surface area (Å²) in [7, 11) is 0. The first-order valence-electron chi connectivity index (χ1n) is 5.84. The van der Waals surface area contributed by atoms with Crippen LogP contribution >= 0.6 is 0 Å². The molecule has 0 fully saturated rings. The number of para-hydroxylation sites is 1. The highest BCUT2D eigenvalue weighted by atomic mass is 16.6. The smallest absolute Gasteiger partial charge is 0.305 e. The molecule has 0 saturated heterocycles. The molecule has 2 N–H and O–H groups in total. The minimum absolute atomic E-state index is 0.102. The normalized spacial score (nSPS) is 12.1. The third-order valence-electron chi connectivity index (χ3n) is 2.42. The van der Waals surface area contributed by atoms with Crippen LogP contribution in [-0.2, 0) is 9.59 Å². The van der Waals surface area contributed by atoms with Crippen molar-refractivity contribution < 1.29 is 19.6 Å². The predicted molar refractivity (Wildman–Crippen MR) is 72.0 cm³/mol. The molecule has 0 aliphatic carbocycles. The van der Waals surface area contributed by atoms with Gasteiger partial charge in [-0.25, -0.2) is 0 Å². The Labute approximate surface area is 115 Å². The van der Waals surface area contributed by atoms with Crippen LogP contribution in [0.15, 0.2) is 30.3 Å². The Kier molecular flexibility index (Phi) is 5.40. The van der Waals surface area contributed by atoms with Crippen molar-refractivity contribution in [2.75, 3.05) is 0 Å². The van der Waals surface area contributed by atoms with Gasteiger partial charge in [0.15, 0.2) is 0 Å². The van der Waals surface area contributed by atoms with E-state index in [-0.39, 0.29) is 12.1 Å². The van der Waals surface area contributed by atoms with Crippen molar-refractivity contribution in [1.82, 2.24) is 5.32 Å². The lowest BCUT2D eigenvalue weighted by Gasteiger charge is -2.08. The summed E-state index contributed by atoms with van der Waals surface area (Å²) in [5.41, 5.74) is 0.202. The zero-order chi connectivity index (χ0) is 15.1. The average molecular weight is 278 g/mol. The summed E-state index contributed by atoms with van der Waals surface area (Å²) in [5.74, 6) is -1.52. The maximum absolute atomic E-state index is 11.5. The third-order valence-corrected chi connectivity index (χ3v) is 2.42. The van der Waals surface area contributed by atoms with E-state index in [0.717, 1.165) is 6.08 Å². The van der Waals surface area contributed by atoms with Gasteiger partial charge in [0.2, 0.25) is 5.91 Å². The van der Waals surface area contributed by atoms with Gasteiger partial charge in [-0.15, -0.1) is 0 Å². The molecule has 1 amide bonds. The molecule has 0 bridgehead atoms. The van der Waals surface area contributed by atoms with E-state index >= 15 is 0 Å².